The van der Waals surface area contributed by atoms with Crippen LogP contribution in [-0.4, -0.2) is 61.2 Å². The maximum Gasteiger partial charge on any atom is 0.387 e. The van der Waals surface area contributed by atoms with Crippen molar-refractivity contribution in [1.29, 1.82) is 0 Å². The Morgan fingerprint density at radius 3 is 2.81 bits per heavy atom. The Morgan fingerprint density at radius 1 is 1.37 bits per heavy atom. The van der Waals surface area contributed by atoms with Crippen LogP contribution >= 0.6 is 11.8 Å². The number of nitrogens with zero attached hydrogens (tertiary/aromatic N) is 1. The van der Waals surface area contributed by atoms with Gasteiger partial charge in [-0.25, -0.2) is 4.79 Å². The Bertz CT molecular complexity index is 698. The molecule has 1 aliphatic heterocycles. The lowest BCUT2D eigenvalue weighted by molar-refractivity contribution is -0.152. The van der Waals surface area contributed by atoms with Crippen molar-refractivity contribution in [3.8, 4) is 11.5 Å². The van der Waals surface area contributed by atoms with Gasteiger partial charge >= 0.3 is 12.6 Å². The molecule has 1 amide bonds. The second kappa shape index (κ2) is 10.1. The molecule has 0 radical (unpaired) electrons. The average Bonchev–Trinajstić information content (AvgIpc) is 2.66. The molecule has 2 rings (SSSR count). The summed E-state index contributed by atoms with van der Waals surface area (Å²) in [6.45, 7) is -0.542. The van der Waals surface area contributed by atoms with Crippen LogP contribution in [0.5, 0.6) is 11.5 Å². The van der Waals surface area contributed by atoms with E-state index < -0.39 is 18.6 Å². The van der Waals surface area contributed by atoms with Gasteiger partial charge < -0.3 is 19.1 Å². The molecule has 1 atom stereocenters. The van der Waals surface area contributed by atoms with E-state index in [0.717, 1.165) is 5.75 Å². The third-order valence-electron chi connectivity index (χ3n) is 3.79. The molecule has 1 unspecified atom stereocenters. The standard InChI is InChI=1S/C18H21F2NO5S/c1-3-25-17(23)13-11-27-9-8-21(13)16(22)7-5-12-4-6-14(26-18(19)20)15(10-12)24-2/h4-7,10,13,18H,3,8-9,11H2,1-2H3/b7-5+. The maximum atomic E-state index is 12.5. The largest absolute Gasteiger partial charge is 0.493 e. The molecule has 148 valence electrons. The first kappa shape index (κ1) is 21.0. The third-order valence-corrected chi connectivity index (χ3v) is 4.82. The molecule has 1 saturated heterocycles. The molecule has 0 aromatic heterocycles. The van der Waals surface area contributed by atoms with Crippen molar-refractivity contribution >= 4 is 29.7 Å². The zero-order chi connectivity index (χ0) is 19.8. The van der Waals surface area contributed by atoms with Gasteiger partial charge in [0.25, 0.3) is 0 Å². The Morgan fingerprint density at radius 2 is 2.15 bits per heavy atom. The van der Waals surface area contributed by atoms with Crippen molar-refractivity contribution in [1.82, 2.24) is 4.90 Å². The molecule has 0 aliphatic carbocycles. The predicted molar refractivity (Wildman–Crippen MR) is 98.1 cm³/mol. The van der Waals surface area contributed by atoms with Gasteiger partial charge in [-0.2, -0.15) is 20.5 Å². The molecule has 1 fully saturated rings. The van der Waals surface area contributed by atoms with Crippen LogP contribution in [0.3, 0.4) is 0 Å². The summed E-state index contributed by atoms with van der Waals surface area (Å²) >= 11 is 1.59. The molecule has 9 heteroatoms. The zero-order valence-electron chi connectivity index (χ0n) is 15.0. The van der Waals surface area contributed by atoms with Crippen LogP contribution in [0.2, 0.25) is 0 Å². The lowest BCUT2D eigenvalue weighted by Gasteiger charge is -2.32. The third kappa shape index (κ3) is 5.85. The number of hydrogen-bond acceptors (Lipinski definition) is 6. The fraction of sp³-hybridized carbons (Fsp3) is 0.444. The van der Waals surface area contributed by atoms with Crippen molar-refractivity contribution < 1.29 is 32.6 Å². The van der Waals surface area contributed by atoms with Crippen molar-refractivity contribution in [2.24, 2.45) is 0 Å². The van der Waals surface area contributed by atoms with Gasteiger partial charge in [-0.05, 0) is 30.7 Å². The summed E-state index contributed by atoms with van der Waals surface area (Å²) in [6, 6.07) is 3.74. The molecular weight excluding hydrogens is 380 g/mol. The summed E-state index contributed by atoms with van der Waals surface area (Å²) in [7, 11) is 1.33. The number of esters is 1. The summed E-state index contributed by atoms with van der Waals surface area (Å²) in [6.07, 6.45) is 2.87. The van der Waals surface area contributed by atoms with E-state index in [1.165, 1.54) is 42.4 Å². The smallest absolute Gasteiger partial charge is 0.387 e. The fourth-order valence-corrected chi connectivity index (χ4v) is 3.58. The van der Waals surface area contributed by atoms with Crippen LogP contribution in [0.15, 0.2) is 24.3 Å². The Kier molecular flexibility index (Phi) is 7.90. The molecule has 27 heavy (non-hydrogen) atoms. The second-order valence-corrected chi connectivity index (χ2v) is 6.65. The molecule has 6 nitrogen and oxygen atoms in total. The van der Waals surface area contributed by atoms with Gasteiger partial charge in [0.2, 0.25) is 5.91 Å². The predicted octanol–water partition coefficient (Wildman–Crippen LogP) is 2.82. The zero-order valence-corrected chi connectivity index (χ0v) is 15.8. The number of thioether (sulfide) groups is 1. The number of carbonyl (C=O) groups is 2. The number of hydrogen-bond donors (Lipinski definition) is 0. The van der Waals surface area contributed by atoms with Gasteiger partial charge in [-0.3, -0.25) is 4.79 Å². The summed E-state index contributed by atoms with van der Waals surface area (Å²) in [5.41, 5.74) is 0.570. The van der Waals surface area contributed by atoms with Crippen molar-refractivity contribution in [2.45, 2.75) is 19.6 Å². The van der Waals surface area contributed by atoms with Crippen LogP contribution in [0.1, 0.15) is 12.5 Å². The minimum Gasteiger partial charge on any atom is -0.493 e. The van der Waals surface area contributed by atoms with E-state index in [1.54, 1.807) is 18.7 Å². The SMILES string of the molecule is CCOC(=O)C1CSCCN1C(=O)/C=C/c1ccc(OC(F)F)c(OC)c1. The number of alkyl halides is 2. The Labute approximate surface area is 160 Å². The topological polar surface area (TPSA) is 65.1 Å². The van der Waals surface area contributed by atoms with Crippen molar-refractivity contribution in [2.75, 3.05) is 31.8 Å². The first-order valence-corrected chi connectivity index (χ1v) is 9.47. The molecule has 0 spiro atoms. The van der Waals surface area contributed by atoms with Crippen LogP contribution in [-0.2, 0) is 14.3 Å². The fourth-order valence-electron chi connectivity index (χ4n) is 2.55. The summed E-state index contributed by atoms with van der Waals surface area (Å²) in [5.74, 6) is 0.534. The summed E-state index contributed by atoms with van der Waals surface area (Å²) in [4.78, 5) is 26.1. The minimum atomic E-state index is -2.96. The van der Waals surface area contributed by atoms with E-state index in [-0.39, 0.29) is 24.0 Å². The molecule has 0 N–H and O–H groups in total. The lowest BCUT2D eigenvalue weighted by Crippen LogP contribution is -2.50. The number of amides is 1. The molecule has 1 aromatic carbocycles. The summed E-state index contributed by atoms with van der Waals surface area (Å²) in [5, 5.41) is 0. The minimum absolute atomic E-state index is 0.0913. The Balaban J connectivity index is 2.11. The number of halogens is 2. The van der Waals surface area contributed by atoms with Gasteiger partial charge in [-0.15, -0.1) is 0 Å². The molecule has 0 saturated carbocycles. The molecule has 0 bridgehead atoms. The molecule has 1 heterocycles. The second-order valence-electron chi connectivity index (χ2n) is 5.50. The normalized spacial score (nSPS) is 17.2. The molecular formula is C18H21F2NO5S. The van der Waals surface area contributed by atoms with Crippen molar-refractivity contribution in [3.05, 3.63) is 29.8 Å². The van der Waals surface area contributed by atoms with Gasteiger partial charge in [0.1, 0.15) is 6.04 Å². The number of ether oxygens (including phenoxy) is 3. The van der Waals surface area contributed by atoms with Crippen LogP contribution < -0.4 is 9.47 Å². The summed E-state index contributed by atoms with van der Waals surface area (Å²) < 4.78 is 39.2. The van der Waals surface area contributed by atoms with E-state index in [9.17, 15) is 18.4 Å². The monoisotopic (exact) mass is 401 g/mol. The highest BCUT2D eigenvalue weighted by Crippen LogP contribution is 2.30. The highest BCUT2D eigenvalue weighted by atomic mass is 32.2. The van der Waals surface area contributed by atoms with Crippen molar-refractivity contribution in [3.63, 3.8) is 0 Å². The lowest BCUT2D eigenvalue weighted by atomic mass is 10.1. The number of methoxy groups -OCH3 is 1. The van der Waals surface area contributed by atoms with Gasteiger partial charge in [0.05, 0.1) is 13.7 Å². The van der Waals surface area contributed by atoms with E-state index in [4.69, 9.17) is 9.47 Å². The van der Waals surface area contributed by atoms with E-state index in [1.807, 2.05) is 0 Å². The van der Waals surface area contributed by atoms with E-state index in [2.05, 4.69) is 4.74 Å². The first-order chi connectivity index (χ1) is 13.0. The number of benzene rings is 1. The molecule has 1 aromatic rings. The molecule has 1 aliphatic rings. The van der Waals surface area contributed by atoms with Gasteiger partial charge in [0, 0.05) is 24.1 Å². The number of rotatable bonds is 7. The number of carbonyl (C=O) groups excluding carboxylic acids is 2. The maximum absolute atomic E-state index is 12.5. The average molecular weight is 401 g/mol. The van der Waals surface area contributed by atoms with E-state index in [0.29, 0.717) is 17.9 Å². The van der Waals surface area contributed by atoms with Crippen LogP contribution in [0.4, 0.5) is 8.78 Å². The van der Waals surface area contributed by atoms with Gasteiger partial charge in [-0.1, -0.05) is 6.07 Å². The van der Waals surface area contributed by atoms with Crippen LogP contribution in [0.25, 0.3) is 6.08 Å². The van der Waals surface area contributed by atoms with Gasteiger partial charge in [0.15, 0.2) is 11.5 Å². The highest BCUT2D eigenvalue weighted by Gasteiger charge is 2.32. The first-order valence-electron chi connectivity index (χ1n) is 8.32. The quantitative estimate of drug-likeness (QED) is 0.517. The highest BCUT2D eigenvalue weighted by molar-refractivity contribution is 7.99. The Hall–Kier alpha value is -2.29. The van der Waals surface area contributed by atoms with Crippen LogP contribution in [0, 0.1) is 0 Å². The van der Waals surface area contributed by atoms with E-state index >= 15 is 0 Å².